The maximum atomic E-state index is 13.7. The molecule has 0 amide bonds. The molecule has 1 fully saturated rings. The van der Waals surface area contributed by atoms with Crippen molar-refractivity contribution in [2.24, 2.45) is 5.14 Å². The summed E-state index contributed by atoms with van der Waals surface area (Å²) in [5.41, 5.74) is -0.438. The molecule has 0 radical (unpaired) electrons. The number of piperidine rings is 1. The van der Waals surface area contributed by atoms with Crippen molar-refractivity contribution in [3.63, 3.8) is 0 Å². The van der Waals surface area contributed by atoms with Crippen LogP contribution in [0, 0.1) is 5.82 Å². The number of nitrogens with zero attached hydrogens (tertiary/aromatic N) is 1. The summed E-state index contributed by atoms with van der Waals surface area (Å²) in [6, 6.07) is 2.70. The number of rotatable bonds is 4. The van der Waals surface area contributed by atoms with Crippen molar-refractivity contribution in [2.75, 3.05) is 17.8 Å². The number of halogens is 1. The van der Waals surface area contributed by atoms with Gasteiger partial charge in [-0.05, 0) is 31.0 Å². The predicted octanol–water partition coefficient (Wildman–Crippen LogP) is 0.616. The molecule has 0 bridgehead atoms. The minimum absolute atomic E-state index is 0.353. The molecule has 1 aliphatic rings. The standard InChI is InChI=1S/C11H16FN3O4S2/c12-10-5-4-9(20(13,16)17)8-11(10)14-21(18,19)15-6-2-1-3-7-15/h4-5,8,14H,1-3,6-7H2,(H2,13,16,17). The van der Waals surface area contributed by atoms with Crippen molar-refractivity contribution in [2.45, 2.75) is 24.2 Å². The molecule has 0 saturated carbocycles. The summed E-state index contributed by atoms with van der Waals surface area (Å²) in [5, 5.41) is 4.94. The van der Waals surface area contributed by atoms with Crippen molar-refractivity contribution in [3.05, 3.63) is 24.0 Å². The van der Waals surface area contributed by atoms with Crippen LogP contribution in [-0.2, 0) is 20.2 Å². The maximum absolute atomic E-state index is 13.7. The van der Waals surface area contributed by atoms with E-state index in [2.05, 4.69) is 4.72 Å². The lowest BCUT2D eigenvalue weighted by Crippen LogP contribution is -2.39. The maximum Gasteiger partial charge on any atom is 0.301 e. The third-order valence-corrected chi connectivity index (χ3v) is 5.59. The van der Waals surface area contributed by atoms with Gasteiger partial charge in [0.2, 0.25) is 10.0 Å². The van der Waals surface area contributed by atoms with E-state index in [1.807, 2.05) is 0 Å². The van der Waals surface area contributed by atoms with Crippen LogP contribution in [0.25, 0.3) is 0 Å². The molecule has 2 rings (SSSR count). The molecule has 1 heterocycles. The second-order valence-corrected chi connectivity index (χ2v) is 7.99. The highest BCUT2D eigenvalue weighted by atomic mass is 32.2. The zero-order valence-corrected chi connectivity index (χ0v) is 12.8. The Morgan fingerprint density at radius 2 is 1.71 bits per heavy atom. The van der Waals surface area contributed by atoms with Crippen LogP contribution in [0.5, 0.6) is 0 Å². The van der Waals surface area contributed by atoms with Crippen molar-refractivity contribution < 1.29 is 21.2 Å². The number of anilines is 1. The van der Waals surface area contributed by atoms with Gasteiger partial charge in [-0.1, -0.05) is 6.42 Å². The van der Waals surface area contributed by atoms with Crippen molar-refractivity contribution in [1.82, 2.24) is 4.31 Å². The summed E-state index contributed by atoms with van der Waals surface area (Å²) < 4.78 is 63.7. The second-order valence-electron chi connectivity index (χ2n) is 4.75. The SMILES string of the molecule is NS(=O)(=O)c1ccc(F)c(NS(=O)(=O)N2CCCCC2)c1. The first-order chi connectivity index (χ1) is 9.70. The molecular formula is C11H16FN3O4S2. The lowest BCUT2D eigenvalue weighted by molar-refractivity contribution is 0.349. The number of nitrogens with two attached hydrogens (primary N) is 1. The smallest absolute Gasteiger partial charge is 0.268 e. The highest BCUT2D eigenvalue weighted by Crippen LogP contribution is 2.22. The van der Waals surface area contributed by atoms with E-state index in [9.17, 15) is 21.2 Å². The summed E-state index contributed by atoms with van der Waals surface area (Å²) in [6.45, 7) is 0.706. The van der Waals surface area contributed by atoms with E-state index < -0.39 is 31.7 Å². The number of sulfonamides is 1. The van der Waals surface area contributed by atoms with Gasteiger partial charge >= 0.3 is 10.2 Å². The number of hydrogen-bond acceptors (Lipinski definition) is 4. The molecule has 1 saturated heterocycles. The van der Waals surface area contributed by atoms with Crippen LogP contribution in [0.15, 0.2) is 23.1 Å². The molecule has 1 aromatic rings. The fourth-order valence-corrected chi connectivity index (χ4v) is 3.91. The molecule has 0 aliphatic carbocycles. The topological polar surface area (TPSA) is 110 Å². The second kappa shape index (κ2) is 5.87. The lowest BCUT2D eigenvalue weighted by atomic mass is 10.2. The first kappa shape index (κ1) is 16.1. The van der Waals surface area contributed by atoms with Crippen LogP contribution >= 0.6 is 0 Å². The minimum atomic E-state index is -4.04. The molecule has 0 unspecified atom stereocenters. The first-order valence-corrected chi connectivity index (χ1v) is 9.29. The summed E-state index contributed by atoms with van der Waals surface area (Å²) >= 11 is 0. The zero-order chi connectivity index (χ0) is 15.7. The first-order valence-electron chi connectivity index (χ1n) is 6.30. The Hall–Kier alpha value is -1.23. The molecule has 0 spiro atoms. The molecule has 10 heteroatoms. The molecule has 3 N–H and O–H groups in total. The van der Waals surface area contributed by atoms with Crippen molar-refractivity contribution in [3.8, 4) is 0 Å². The molecule has 21 heavy (non-hydrogen) atoms. The third-order valence-electron chi connectivity index (χ3n) is 3.16. The average Bonchev–Trinajstić information content (AvgIpc) is 2.41. The Balaban J connectivity index is 2.30. The molecule has 1 aromatic carbocycles. The van der Waals surface area contributed by atoms with E-state index in [0.717, 1.165) is 37.5 Å². The quantitative estimate of drug-likeness (QED) is 0.839. The van der Waals surface area contributed by atoms with Gasteiger partial charge in [0.05, 0.1) is 10.6 Å². The third kappa shape index (κ3) is 3.90. The van der Waals surface area contributed by atoms with Gasteiger partial charge in [-0.25, -0.2) is 17.9 Å². The Bertz CT molecular complexity index is 728. The molecular weight excluding hydrogens is 321 g/mol. The summed E-state index contributed by atoms with van der Waals surface area (Å²) in [5.74, 6) is -0.872. The molecule has 7 nitrogen and oxygen atoms in total. The van der Waals surface area contributed by atoms with Gasteiger partial charge in [0.1, 0.15) is 5.82 Å². The number of benzene rings is 1. The average molecular weight is 337 g/mol. The van der Waals surface area contributed by atoms with E-state index in [1.165, 1.54) is 4.31 Å². The Morgan fingerprint density at radius 3 is 2.29 bits per heavy atom. The molecule has 0 aromatic heterocycles. The highest BCUT2D eigenvalue weighted by Gasteiger charge is 2.25. The van der Waals surface area contributed by atoms with Crippen LogP contribution < -0.4 is 9.86 Å². The predicted molar refractivity (Wildman–Crippen MR) is 75.7 cm³/mol. The number of primary sulfonamides is 1. The Morgan fingerprint density at radius 1 is 1.10 bits per heavy atom. The van der Waals surface area contributed by atoms with E-state index >= 15 is 0 Å². The van der Waals surface area contributed by atoms with E-state index in [-0.39, 0.29) is 4.90 Å². The lowest BCUT2D eigenvalue weighted by Gasteiger charge is -2.26. The van der Waals surface area contributed by atoms with Gasteiger partial charge in [0.25, 0.3) is 0 Å². The van der Waals surface area contributed by atoms with E-state index in [4.69, 9.17) is 5.14 Å². The summed E-state index contributed by atoms with van der Waals surface area (Å²) in [6.07, 6.45) is 2.42. The fourth-order valence-electron chi connectivity index (χ4n) is 2.07. The summed E-state index contributed by atoms with van der Waals surface area (Å²) in [4.78, 5) is -0.361. The van der Waals surface area contributed by atoms with Crippen molar-refractivity contribution in [1.29, 1.82) is 0 Å². The number of nitrogens with one attached hydrogen (secondary N) is 1. The summed E-state index contributed by atoms with van der Waals surface area (Å²) in [7, 11) is -7.95. The van der Waals surface area contributed by atoms with Gasteiger partial charge in [0.15, 0.2) is 0 Å². The van der Waals surface area contributed by atoms with Crippen LogP contribution in [0.3, 0.4) is 0 Å². The van der Waals surface area contributed by atoms with Gasteiger partial charge in [0, 0.05) is 13.1 Å². The van der Waals surface area contributed by atoms with E-state index in [1.54, 1.807) is 0 Å². The van der Waals surface area contributed by atoms with Gasteiger partial charge in [-0.3, -0.25) is 4.72 Å². The Labute approximate surface area is 123 Å². The Kier molecular flexibility index (Phi) is 4.51. The zero-order valence-electron chi connectivity index (χ0n) is 11.1. The molecule has 1 aliphatic heterocycles. The molecule has 118 valence electrons. The highest BCUT2D eigenvalue weighted by molar-refractivity contribution is 7.90. The molecule has 0 atom stereocenters. The van der Waals surface area contributed by atoms with Crippen LogP contribution in [-0.4, -0.2) is 34.2 Å². The largest absolute Gasteiger partial charge is 0.301 e. The van der Waals surface area contributed by atoms with Crippen LogP contribution in [0.1, 0.15) is 19.3 Å². The van der Waals surface area contributed by atoms with E-state index in [0.29, 0.717) is 13.1 Å². The van der Waals surface area contributed by atoms with Gasteiger partial charge in [-0.2, -0.15) is 12.7 Å². The van der Waals surface area contributed by atoms with Gasteiger partial charge < -0.3 is 0 Å². The van der Waals surface area contributed by atoms with Crippen LogP contribution in [0.4, 0.5) is 10.1 Å². The fraction of sp³-hybridized carbons (Fsp3) is 0.455. The number of hydrogen-bond donors (Lipinski definition) is 2. The normalized spacial score (nSPS) is 17.6. The van der Waals surface area contributed by atoms with Crippen LogP contribution in [0.2, 0.25) is 0 Å². The minimum Gasteiger partial charge on any atom is -0.268 e. The van der Waals surface area contributed by atoms with Gasteiger partial charge in [-0.15, -0.1) is 0 Å². The monoisotopic (exact) mass is 337 g/mol. The van der Waals surface area contributed by atoms with Crippen molar-refractivity contribution >= 4 is 25.9 Å².